The van der Waals surface area contributed by atoms with Crippen LogP contribution in [0, 0.1) is 0 Å². The normalized spacial score (nSPS) is 11.1. The number of benzene rings is 1. The van der Waals surface area contributed by atoms with E-state index in [0.29, 0.717) is 46.9 Å². The van der Waals surface area contributed by atoms with E-state index in [1.807, 2.05) is 12.1 Å². The number of carbonyl (C=O) groups excluding carboxylic acids is 1. The maximum absolute atomic E-state index is 12.6. The molecule has 0 unspecified atom stereocenters. The van der Waals surface area contributed by atoms with E-state index in [1.54, 1.807) is 46.9 Å². The second kappa shape index (κ2) is 9.35. The van der Waals surface area contributed by atoms with Crippen molar-refractivity contribution in [2.24, 2.45) is 0 Å². The monoisotopic (exact) mass is 400 g/mol. The molecule has 3 rings (SSSR count). The minimum absolute atomic E-state index is 0.249. The molecule has 0 aliphatic rings. The van der Waals surface area contributed by atoms with Gasteiger partial charge in [0.25, 0.3) is 5.91 Å². The molecule has 0 saturated carbocycles. The summed E-state index contributed by atoms with van der Waals surface area (Å²) in [6.45, 7) is 0.403. The number of fused-ring (bicyclic) bond motifs is 1. The van der Waals surface area contributed by atoms with E-state index in [0.717, 1.165) is 5.56 Å². The number of amides is 1. The predicted octanol–water partition coefficient (Wildman–Crippen LogP) is 2.38. The van der Waals surface area contributed by atoms with Crippen molar-refractivity contribution in [3.63, 3.8) is 0 Å². The number of hydrogen-bond donors (Lipinski definition) is 2. The summed E-state index contributed by atoms with van der Waals surface area (Å²) in [6.07, 6.45) is 3.41. The van der Waals surface area contributed by atoms with Gasteiger partial charge >= 0.3 is 0 Å². The van der Waals surface area contributed by atoms with Crippen LogP contribution in [0.2, 0.25) is 0 Å². The van der Waals surface area contributed by atoms with Crippen LogP contribution >= 0.6 is 0 Å². The predicted molar refractivity (Wildman–Crippen MR) is 107 cm³/mol. The zero-order valence-electron chi connectivity index (χ0n) is 16.8. The zero-order valence-corrected chi connectivity index (χ0v) is 16.8. The van der Waals surface area contributed by atoms with Crippen LogP contribution in [0.15, 0.2) is 30.6 Å². The summed E-state index contributed by atoms with van der Waals surface area (Å²) in [5, 5.41) is 2.85. The molecular weight excluding hydrogens is 376 g/mol. The number of methoxy groups -OCH3 is 4. The molecule has 0 aliphatic heterocycles. The van der Waals surface area contributed by atoms with Gasteiger partial charge in [-0.2, -0.15) is 0 Å². The Morgan fingerprint density at radius 3 is 2.59 bits per heavy atom. The first kappa shape index (κ1) is 20.6. The standard InChI is InChI=1S/C20H24N4O5/c1-26-15-6-5-12(9-16(15)27-2)14-11-23-19-18(24-14)13(10-22-19)20(25)21-8-7-17(28-3)29-4/h5-6,9-11,17H,7-8H2,1-4H3,(H,21,25)(H,22,23). The van der Waals surface area contributed by atoms with Crippen molar-refractivity contribution in [1.82, 2.24) is 20.3 Å². The Bertz CT molecular complexity index is 984. The van der Waals surface area contributed by atoms with Crippen molar-refractivity contribution in [2.75, 3.05) is 35.0 Å². The molecule has 1 amide bonds. The van der Waals surface area contributed by atoms with Gasteiger partial charge in [-0.15, -0.1) is 0 Å². The Balaban J connectivity index is 1.84. The molecule has 0 spiro atoms. The highest BCUT2D eigenvalue weighted by molar-refractivity contribution is 6.04. The maximum Gasteiger partial charge on any atom is 0.255 e. The minimum atomic E-state index is -0.366. The second-order valence-corrected chi connectivity index (χ2v) is 6.17. The number of carbonyl (C=O) groups is 1. The van der Waals surface area contributed by atoms with Crippen molar-refractivity contribution in [2.45, 2.75) is 12.7 Å². The SMILES string of the molecule is COc1ccc(-c2cnc3[nH]cc(C(=O)NCCC(OC)OC)c3n2)cc1OC. The number of ether oxygens (including phenoxy) is 4. The molecule has 0 radical (unpaired) electrons. The summed E-state index contributed by atoms with van der Waals surface area (Å²) in [5.74, 6) is 0.961. The summed E-state index contributed by atoms with van der Waals surface area (Å²) in [5.41, 5.74) is 2.86. The Kier molecular flexibility index (Phi) is 6.63. The van der Waals surface area contributed by atoms with E-state index in [4.69, 9.17) is 18.9 Å². The van der Waals surface area contributed by atoms with Gasteiger partial charge in [0.15, 0.2) is 23.4 Å². The summed E-state index contributed by atoms with van der Waals surface area (Å²) in [4.78, 5) is 24.6. The van der Waals surface area contributed by atoms with Gasteiger partial charge in [0.1, 0.15) is 5.52 Å². The Morgan fingerprint density at radius 1 is 1.14 bits per heavy atom. The largest absolute Gasteiger partial charge is 0.493 e. The van der Waals surface area contributed by atoms with Crippen molar-refractivity contribution < 1.29 is 23.7 Å². The van der Waals surface area contributed by atoms with Crippen LogP contribution in [-0.4, -0.2) is 62.1 Å². The number of nitrogens with zero attached hydrogens (tertiary/aromatic N) is 2. The van der Waals surface area contributed by atoms with Crippen LogP contribution in [0.25, 0.3) is 22.4 Å². The van der Waals surface area contributed by atoms with Gasteiger partial charge in [-0.1, -0.05) is 0 Å². The van der Waals surface area contributed by atoms with Crippen LogP contribution in [0.3, 0.4) is 0 Å². The van der Waals surface area contributed by atoms with Gasteiger partial charge in [-0.05, 0) is 18.2 Å². The van der Waals surface area contributed by atoms with Gasteiger partial charge in [-0.3, -0.25) is 4.79 Å². The smallest absolute Gasteiger partial charge is 0.255 e. The highest BCUT2D eigenvalue weighted by Crippen LogP contribution is 2.32. The van der Waals surface area contributed by atoms with E-state index in [-0.39, 0.29) is 12.2 Å². The fourth-order valence-corrected chi connectivity index (χ4v) is 2.93. The van der Waals surface area contributed by atoms with E-state index in [1.165, 1.54) is 0 Å². The lowest BCUT2D eigenvalue weighted by atomic mass is 10.1. The fourth-order valence-electron chi connectivity index (χ4n) is 2.93. The highest BCUT2D eigenvalue weighted by Gasteiger charge is 2.16. The number of aromatic amines is 1. The van der Waals surface area contributed by atoms with E-state index >= 15 is 0 Å². The van der Waals surface area contributed by atoms with Crippen molar-refractivity contribution in [3.05, 3.63) is 36.2 Å². The van der Waals surface area contributed by atoms with Crippen LogP contribution in [0.4, 0.5) is 0 Å². The zero-order chi connectivity index (χ0) is 20.8. The second-order valence-electron chi connectivity index (χ2n) is 6.17. The van der Waals surface area contributed by atoms with Gasteiger partial charge in [0.05, 0.1) is 31.7 Å². The molecule has 2 N–H and O–H groups in total. The lowest BCUT2D eigenvalue weighted by Crippen LogP contribution is -2.28. The van der Waals surface area contributed by atoms with Crippen LogP contribution in [0.1, 0.15) is 16.8 Å². The lowest BCUT2D eigenvalue weighted by Gasteiger charge is -2.13. The maximum atomic E-state index is 12.6. The lowest BCUT2D eigenvalue weighted by molar-refractivity contribution is -0.105. The summed E-state index contributed by atoms with van der Waals surface area (Å²) in [7, 11) is 6.26. The summed E-state index contributed by atoms with van der Waals surface area (Å²) >= 11 is 0. The molecule has 0 aliphatic carbocycles. The third-order valence-electron chi connectivity index (χ3n) is 4.50. The molecule has 9 nitrogen and oxygen atoms in total. The minimum Gasteiger partial charge on any atom is -0.493 e. The van der Waals surface area contributed by atoms with Gasteiger partial charge < -0.3 is 29.2 Å². The molecule has 1 aromatic carbocycles. The first-order valence-corrected chi connectivity index (χ1v) is 9.01. The number of hydrogen-bond acceptors (Lipinski definition) is 7. The van der Waals surface area contributed by atoms with Gasteiger partial charge in [-0.25, -0.2) is 9.97 Å². The molecule has 0 fully saturated rings. The molecule has 0 atom stereocenters. The molecular formula is C20H24N4O5. The fraction of sp³-hybridized carbons (Fsp3) is 0.350. The molecule has 154 valence electrons. The molecule has 0 saturated heterocycles. The highest BCUT2D eigenvalue weighted by atomic mass is 16.7. The topological polar surface area (TPSA) is 108 Å². The molecule has 0 bridgehead atoms. The van der Waals surface area contributed by atoms with Crippen LogP contribution in [0.5, 0.6) is 11.5 Å². The van der Waals surface area contributed by atoms with Crippen molar-refractivity contribution in [1.29, 1.82) is 0 Å². The average molecular weight is 400 g/mol. The summed E-state index contributed by atoms with van der Waals surface area (Å²) in [6, 6.07) is 5.47. The Labute approximate surface area is 168 Å². The van der Waals surface area contributed by atoms with E-state index < -0.39 is 0 Å². The molecule has 3 aromatic rings. The average Bonchev–Trinajstić information content (AvgIpc) is 3.19. The van der Waals surface area contributed by atoms with Crippen molar-refractivity contribution in [3.8, 4) is 22.8 Å². The van der Waals surface area contributed by atoms with E-state index in [9.17, 15) is 4.79 Å². The van der Waals surface area contributed by atoms with Crippen LogP contribution in [-0.2, 0) is 9.47 Å². The van der Waals surface area contributed by atoms with Crippen molar-refractivity contribution >= 4 is 17.1 Å². The molecule has 2 heterocycles. The van der Waals surface area contributed by atoms with Gasteiger partial charge in [0.2, 0.25) is 0 Å². The van der Waals surface area contributed by atoms with Crippen LogP contribution < -0.4 is 14.8 Å². The molecule has 9 heteroatoms. The quantitative estimate of drug-likeness (QED) is 0.531. The Morgan fingerprint density at radius 2 is 1.90 bits per heavy atom. The van der Waals surface area contributed by atoms with Gasteiger partial charge in [0, 0.05) is 38.9 Å². The first-order valence-electron chi connectivity index (χ1n) is 9.01. The third kappa shape index (κ3) is 4.47. The number of H-pyrrole nitrogens is 1. The number of nitrogens with one attached hydrogen (secondary N) is 2. The summed E-state index contributed by atoms with van der Waals surface area (Å²) < 4.78 is 20.9. The Hall–Kier alpha value is -3.17. The number of rotatable bonds is 9. The third-order valence-corrected chi connectivity index (χ3v) is 4.50. The number of aromatic nitrogens is 3. The van der Waals surface area contributed by atoms with E-state index in [2.05, 4.69) is 20.3 Å². The first-order chi connectivity index (χ1) is 14.1. The molecule has 2 aromatic heterocycles. The molecule has 29 heavy (non-hydrogen) atoms.